The van der Waals surface area contributed by atoms with Crippen LogP contribution in [0.25, 0.3) is 5.65 Å². The van der Waals surface area contributed by atoms with E-state index in [0.29, 0.717) is 0 Å². The summed E-state index contributed by atoms with van der Waals surface area (Å²) >= 11 is -0.207. The number of thiol groups is 1. The first-order valence-corrected chi connectivity index (χ1v) is 4.88. The smallest absolute Gasteiger partial charge is 0.136 e. The van der Waals surface area contributed by atoms with Gasteiger partial charge in [-0.25, -0.2) is 9.19 Å². The number of rotatable bonds is 2. The summed E-state index contributed by atoms with van der Waals surface area (Å²) in [6, 6.07) is 3.81. The molecule has 2 aromatic heterocycles. The minimum atomic E-state index is -0.207. The maximum absolute atomic E-state index is 10.3. The molecule has 0 unspecified atom stereocenters. The third kappa shape index (κ3) is 1.58. The lowest BCUT2D eigenvalue weighted by atomic mass is 10.2. The van der Waals surface area contributed by atoms with E-state index in [4.69, 9.17) is 0 Å². The highest BCUT2D eigenvalue weighted by Crippen LogP contribution is 2.05. The number of aromatic nitrogens is 2. The summed E-state index contributed by atoms with van der Waals surface area (Å²) < 4.78 is 16.0. The molecule has 0 aliphatic rings. The van der Waals surface area contributed by atoms with Crippen LogP contribution >= 0.6 is 0 Å². The largest absolute Gasteiger partial charge is 0.306 e. The molecule has 0 fully saturated rings. The van der Waals surface area contributed by atoms with Crippen LogP contribution in [0.4, 0.5) is 0 Å². The summed E-state index contributed by atoms with van der Waals surface area (Å²) in [6.07, 6.45) is 5.50. The molecule has 0 saturated carbocycles. The summed E-state index contributed by atoms with van der Waals surface area (Å²) in [4.78, 5) is 4.12. The standard InChI is InChI=1S/C9H9N3OS/c1-7(11-14-13)8-2-3-9-10-4-5-12(9)6-8/h2-6,14H,1H3/b11-7+. The highest BCUT2D eigenvalue weighted by Gasteiger charge is 1.99. The second-order valence-corrected chi connectivity index (χ2v) is 3.24. The Morgan fingerprint density at radius 1 is 1.57 bits per heavy atom. The summed E-state index contributed by atoms with van der Waals surface area (Å²) in [5.41, 5.74) is 2.58. The molecule has 0 aromatic carbocycles. The second kappa shape index (κ2) is 3.71. The summed E-state index contributed by atoms with van der Waals surface area (Å²) in [5, 5.41) is 0. The van der Waals surface area contributed by atoms with Gasteiger partial charge in [0, 0.05) is 24.2 Å². The number of hydrogen-bond acceptors (Lipinski definition) is 2. The van der Waals surface area contributed by atoms with E-state index < -0.39 is 0 Å². The minimum Gasteiger partial charge on any atom is -0.306 e. The molecule has 4 nitrogen and oxygen atoms in total. The van der Waals surface area contributed by atoms with Crippen LogP contribution < -0.4 is 0 Å². The van der Waals surface area contributed by atoms with Gasteiger partial charge in [-0.1, -0.05) is 0 Å². The molecule has 0 N–H and O–H groups in total. The molecule has 0 saturated heterocycles. The van der Waals surface area contributed by atoms with E-state index in [0.717, 1.165) is 16.9 Å². The van der Waals surface area contributed by atoms with Gasteiger partial charge in [0.25, 0.3) is 0 Å². The normalized spacial score (nSPS) is 12.2. The molecule has 0 atom stereocenters. The molecule has 0 amide bonds. The Morgan fingerprint density at radius 3 is 3.21 bits per heavy atom. The van der Waals surface area contributed by atoms with Gasteiger partial charge in [-0.2, -0.15) is 4.40 Å². The molecule has 0 bridgehead atoms. The van der Waals surface area contributed by atoms with Gasteiger partial charge in [0.2, 0.25) is 0 Å². The first-order valence-electron chi connectivity index (χ1n) is 4.11. The van der Waals surface area contributed by atoms with Crippen molar-refractivity contribution in [1.29, 1.82) is 0 Å². The average molecular weight is 207 g/mol. The SMILES string of the molecule is C/C(=N\[SH]=O)c1ccc2nccn2c1. The van der Waals surface area contributed by atoms with Crippen molar-refractivity contribution in [3.63, 3.8) is 0 Å². The van der Waals surface area contributed by atoms with Crippen LogP contribution in [-0.2, 0) is 11.9 Å². The predicted octanol–water partition coefficient (Wildman–Crippen LogP) is 1.00. The van der Waals surface area contributed by atoms with Gasteiger partial charge in [0.1, 0.15) is 17.5 Å². The van der Waals surface area contributed by atoms with Crippen molar-refractivity contribution < 1.29 is 4.21 Å². The highest BCUT2D eigenvalue weighted by molar-refractivity contribution is 7.64. The number of fused-ring (bicyclic) bond motifs is 1. The zero-order valence-corrected chi connectivity index (χ0v) is 8.48. The van der Waals surface area contributed by atoms with Gasteiger partial charge in [0.15, 0.2) is 0 Å². The number of imidazole rings is 1. The third-order valence-electron chi connectivity index (χ3n) is 2.00. The molecule has 72 valence electrons. The van der Waals surface area contributed by atoms with Crippen molar-refractivity contribution in [2.75, 3.05) is 0 Å². The minimum absolute atomic E-state index is 0.207. The number of hydrogen-bond donors (Lipinski definition) is 1. The lowest BCUT2D eigenvalue weighted by Crippen LogP contribution is -1.96. The Bertz CT molecular complexity index is 503. The summed E-state index contributed by atoms with van der Waals surface area (Å²) in [5.74, 6) is 0. The second-order valence-electron chi connectivity index (χ2n) is 2.88. The fourth-order valence-corrected chi connectivity index (χ4v) is 1.49. The molecule has 14 heavy (non-hydrogen) atoms. The van der Waals surface area contributed by atoms with Crippen LogP contribution in [0, 0.1) is 0 Å². The topological polar surface area (TPSA) is 46.7 Å². The van der Waals surface area contributed by atoms with E-state index in [9.17, 15) is 4.21 Å². The Labute approximate surface area is 84.9 Å². The van der Waals surface area contributed by atoms with Gasteiger partial charge in [-0.15, -0.1) is 0 Å². The van der Waals surface area contributed by atoms with Crippen molar-refractivity contribution in [3.05, 3.63) is 36.3 Å². The van der Waals surface area contributed by atoms with E-state index in [2.05, 4.69) is 9.38 Å². The maximum Gasteiger partial charge on any atom is 0.136 e. The first-order chi connectivity index (χ1) is 6.81. The van der Waals surface area contributed by atoms with Crippen molar-refractivity contribution >= 4 is 23.2 Å². The van der Waals surface area contributed by atoms with Gasteiger partial charge in [0.05, 0.1) is 5.71 Å². The van der Waals surface area contributed by atoms with E-state index in [1.165, 1.54) is 0 Å². The lowest BCUT2D eigenvalue weighted by Gasteiger charge is -1.99. The highest BCUT2D eigenvalue weighted by atomic mass is 32.2. The molecule has 2 heterocycles. The zero-order valence-electron chi connectivity index (χ0n) is 7.58. The molecule has 2 rings (SSSR count). The Hall–Kier alpha value is -1.49. The van der Waals surface area contributed by atoms with Crippen LogP contribution in [-0.4, -0.2) is 19.3 Å². The molecular formula is C9H9N3OS. The molecule has 0 aliphatic carbocycles. The molecule has 2 aromatic rings. The molecule has 0 aliphatic heterocycles. The summed E-state index contributed by atoms with van der Waals surface area (Å²) in [7, 11) is 0. The number of pyridine rings is 1. The monoisotopic (exact) mass is 207 g/mol. The average Bonchev–Trinajstić information content (AvgIpc) is 2.64. The Balaban J connectivity index is 2.53. The summed E-state index contributed by atoms with van der Waals surface area (Å²) in [6.45, 7) is 1.82. The fourth-order valence-electron chi connectivity index (χ4n) is 1.25. The van der Waals surface area contributed by atoms with Crippen LogP contribution in [0.2, 0.25) is 0 Å². The van der Waals surface area contributed by atoms with Crippen LogP contribution in [0.1, 0.15) is 12.5 Å². The van der Waals surface area contributed by atoms with E-state index in [1.54, 1.807) is 6.20 Å². The van der Waals surface area contributed by atoms with E-state index in [1.807, 2.05) is 35.9 Å². The van der Waals surface area contributed by atoms with Crippen LogP contribution in [0.3, 0.4) is 0 Å². The van der Waals surface area contributed by atoms with E-state index in [-0.39, 0.29) is 11.9 Å². The van der Waals surface area contributed by atoms with Crippen LogP contribution in [0.5, 0.6) is 0 Å². The Morgan fingerprint density at radius 2 is 2.43 bits per heavy atom. The van der Waals surface area contributed by atoms with Gasteiger partial charge < -0.3 is 4.40 Å². The van der Waals surface area contributed by atoms with Gasteiger partial charge in [-0.05, 0) is 19.1 Å². The van der Waals surface area contributed by atoms with Gasteiger partial charge in [-0.3, -0.25) is 0 Å². The maximum atomic E-state index is 10.3. The number of nitrogens with zero attached hydrogens (tertiary/aromatic N) is 3. The van der Waals surface area contributed by atoms with E-state index >= 15 is 0 Å². The molecule has 0 radical (unpaired) electrons. The predicted molar refractivity (Wildman–Crippen MR) is 56.9 cm³/mol. The van der Waals surface area contributed by atoms with Crippen molar-refractivity contribution in [2.45, 2.75) is 6.92 Å². The molecule has 5 heteroatoms. The molecule has 0 spiro atoms. The van der Waals surface area contributed by atoms with Crippen molar-refractivity contribution in [1.82, 2.24) is 9.38 Å². The fraction of sp³-hybridized carbons (Fsp3) is 0.111. The molecular weight excluding hydrogens is 198 g/mol. The zero-order chi connectivity index (χ0) is 9.97. The van der Waals surface area contributed by atoms with Gasteiger partial charge >= 0.3 is 0 Å². The van der Waals surface area contributed by atoms with Crippen molar-refractivity contribution in [2.24, 2.45) is 4.40 Å². The Kier molecular flexibility index (Phi) is 2.41. The van der Waals surface area contributed by atoms with Crippen molar-refractivity contribution in [3.8, 4) is 0 Å². The van der Waals surface area contributed by atoms with Crippen LogP contribution in [0.15, 0.2) is 35.1 Å². The third-order valence-corrected chi connectivity index (χ3v) is 2.38. The lowest BCUT2D eigenvalue weighted by molar-refractivity contribution is 0.695. The first kappa shape index (κ1) is 9.08. The quantitative estimate of drug-likeness (QED) is 0.590.